The Morgan fingerprint density at radius 1 is 1.31 bits per heavy atom. The van der Waals surface area contributed by atoms with E-state index < -0.39 is 6.04 Å². The number of urea groups is 1. The Morgan fingerprint density at radius 2 is 2.04 bits per heavy atom. The summed E-state index contributed by atoms with van der Waals surface area (Å²) in [7, 11) is 1.68. The molecule has 7 heteroatoms. The molecule has 26 heavy (non-hydrogen) atoms. The highest BCUT2D eigenvalue weighted by molar-refractivity contribution is 6.19. The Bertz CT molecular complexity index is 792. The molecule has 0 aromatic carbocycles. The SMILES string of the molecule is C=C(C)CN1C(=O)C2C(=Nc3n(CCCCCC)c(C)c[n+]32)N(C)C1=O. The van der Waals surface area contributed by atoms with Crippen LogP contribution in [0.4, 0.5) is 10.7 Å². The second kappa shape index (κ2) is 7.05. The maximum Gasteiger partial charge on any atom is 0.401 e. The summed E-state index contributed by atoms with van der Waals surface area (Å²) in [6.07, 6.45) is 6.64. The van der Waals surface area contributed by atoms with Gasteiger partial charge in [0.2, 0.25) is 11.9 Å². The summed E-state index contributed by atoms with van der Waals surface area (Å²) in [5.41, 5.74) is 1.85. The van der Waals surface area contributed by atoms with Gasteiger partial charge in [-0.2, -0.15) is 0 Å². The van der Waals surface area contributed by atoms with Crippen LogP contribution in [0, 0.1) is 6.92 Å². The van der Waals surface area contributed by atoms with Crippen molar-refractivity contribution in [2.75, 3.05) is 13.6 Å². The van der Waals surface area contributed by atoms with Crippen LogP contribution >= 0.6 is 0 Å². The third-order valence-corrected chi connectivity index (χ3v) is 4.99. The van der Waals surface area contributed by atoms with Gasteiger partial charge >= 0.3 is 12.0 Å². The predicted molar refractivity (Wildman–Crippen MR) is 99.3 cm³/mol. The molecule has 0 bridgehead atoms. The number of imidazole rings is 1. The van der Waals surface area contributed by atoms with Crippen LogP contribution in [0.25, 0.3) is 0 Å². The quantitative estimate of drug-likeness (QED) is 0.427. The van der Waals surface area contributed by atoms with Crippen LogP contribution in [0.15, 0.2) is 23.3 Å². The number of aromatic nitrogens is 2. The fourth-order valence-corrected chi connectivity index (χ4v) is 3.62. The molecule has 1 aromatic heterocycles. The third kappa shape index (κ3) is 2.95. The molecule has 3 heterocycles. The Kier molecular flexibility index (Phi) is 4.98. The maximum atomic E-state index is 13.0. The number of carbonyl (C=O) groups excluding carboxylic acids is 2. The Morgan fingerprint density at radius 3 is 2.69 bits per heavy atom. The summed E-state index contributed by atoms with van der Waals surface area (Å²) >= 11 is 0. The molecular formula is C19H28N5O2+. The number of aliphatic imine (C=N–C) groups is 1. The number of fused-ring (bicyclic) bond motifs is 3. The molecule has 0 N–H and O–H groups in total. The van der Waals surface area contributed by atoms with E-state index in [2.05, 4.69) is 23.1 Å². The van der Waals surface area contributed by atoms with E-state index >= 15 is 0 Å². The topological polar surface area (TPSA) is 61.8 Å². The molecule has 140 valence electrons. The van der Waals surface area contributed by atoms with E-state index in [9.17, 15) is 9.59 Å². The Hall–Kier alpha value is -2.44. The lowest BCUT2D eigenvalue weighted by atomic mass is 10.1. The molecule has 1 unspecified atom stereocenters. The molecule has 0 saturated carbocycles. The van der Waals surface area contributed by atoms with Crippen molar-refractivity contribution in [2.24, 2.45) is 4.99 Å². The zero-order chi connectivity index (χ0) is 19.0. The predicted octanol–water partition coefficient (Wildman–Crippen LogP) is 2.72. The van der Waals surface area contributed by atoms with Crippen molar-refractivity contribution in [3.63, 3.8) is 0 Å². The molecule has 0 aliphatic carbocycles. The molecule has 1 fully saturated rings. The second-order valence-electron chi connectivity index (χ2n) is 7.29. The van der Waals surface area contributed by atoms with Gasteiger partial charge in [0.05, 0.1) is 13.1 Å². The maximum absolute atomic E-state index is 13.0. The first-order valence-corrected chi connectivity index (χ1v) is 9.30. The van der Waals surface area contributed by atoms with Crippen LogP contribution in [-0.4, -0.2) is 45.7 Å². The van der Waals surface area contributed by atoms with Crippen molar-refractivity contribution in [3.8, 4) is 0 Å². The van der Waals surface area contributed by atoms with Crippen LogP contribution in [0.1, 0.15) is 51.3 Å². The van der Waals surface area contributed by atoms with Gasteiger partial charge in [0.25, 0.3) is 5.91 Å². The Labute approximate surface area is 154 Å². The van der Waals surface area contributed by atoms with Gasteiger partial charge in [0.15, 0.2) is 0 Å². The molecule has 1 saturated heterocycles. The number of amides is 3. The van der Waals surface area contributed by atoms with Gasteiger partial charge in [0.1, 0.15) is 11.9 Å². The van der Waals surface area contributed by atoms with Crippen molar-refractivity contribution in [2.45, 2.75) is 59.0 Å². The monoisotopic (exact) mass is 358 g/mol. The normalized spacial score (nSPS) is 18.9. The van der Waals surface area contributed by atoms with Crippen LogP contribution in [-0.2, 0) is 11.3 Å². The summed E-state index contributed by atoms with van der Waals surface area (Å²) < 4.78 is 4.05. The molecular weight excluding hydrogens is 330 g/mol. The number of nitrogens with zero attached hydrogens (tertiary/aromatic N) is 5. The fraction of sp³-hybridized carbons (Fsp3) is 0.579. The van der Waals surface area contributed by atoms with E-state index in [0.717, 1.165) is 30.2 Å². The van der Waals surface area contributed by atoms with Crippen molar-refractivity contribution in [1.82, 2.24) is 14.4 Å². The van der Waals surface area contributed by atoms with Gasteiger partial charge in [-0.25, -0.2) is 13.9 Å². The van der Waals surface area contributed by atoms with Gasteiger partial charge in [-0.3, -0.25) is 14.6 Å². The number of amidine groups is 1. The van der Waals surface area contributed by atoms with Crippen molar-refractivity contribution < 1.29 is 14.2 Å². The van der Waals surface area contributed by atoms with E-state index in [-0.39, 0.29) is 18.5 Å². The molecule has 7 nitrogen and oxygen atoms in total. The second-order valence-corrected chi connectivity index (χ2v) is 7.29. The lowest BCUT2D eigenvalue weighted by molar-refractivity contribution is -0.677. The van der Waals surface area contributed by atoms with Gasteiger partial charge in [-0.1, -0.05) is 43.3 Å². The largest absolute Gasteiger partial charge is 0.401 e. The van der Waals surface area contributed by atoms with Crippen molar-refractivity contribution in [3.05, 3.63) is 24.0 Å². The third-order valence-electron chi connectivity index (χ3n) is 4.99. The lowest BCUT2D eigenvalue weighted by Crippen LogP contribution is -2.62. The van der Waals surface area contributed by atoms with Gasteiger partial charge in [-0.15, -0.1) is 0 Å². The molecule has 1 atom stereocenters. The van der Waals surface area contributed by atoms with E-state index in [1.165, 1.54) is 29.1 Å². The number of likely N-dealkylation sites (N-methyl/N-ethyl adjacent to an activating group) is 1. The molecule has 3 amide bonds. The first-order valence-electron chi connectivity index (χ1n) is 9.30. The van der Waals surface area contributed by atoms with Crippen molar-refractivity contribution >= 4 is 23.7 Å². The summed E-state index contributed by atoms with van der Waals surface area (Å²) in [5.74, 6) is 1.03. The number of hydrogen-bond acceptors (Lipinski definition) is 3. The molecule has 0 spiro atoms. The first-order chi connectivity index (χ1) is 12.4. The van der Waals surface area contributed by atoms with Gasteiger partial charge in [0, 0.05) is 7.05 Å². The van der Waals surface area contributed by atoms with E-state index in [4.69, 9.17) is 0 Å². The standard InChI is InChI=1S/C19H28N5O2/c1-6-7-8-9-10-22-14(4)12-23-15-16(20-18(22)23)21(5)19(26)24(17(15)25)11-13(2)3/h12,15H,2,6-11H2,1,3-5H3/q+1. The summed E-state index contributed by atoms with van der Waals surface area (Å²) in [6.45, 7) is 11.0. The smallest absolute Gasteiger partial charge is 0.270 e. The number of rotatable bonds is 7. The molecule has 2 aliphatic heterocycles. The number of carbonyl (C=O) groups is 2. The van der Waals surface area contributed by atoms with Crippen molar-refractivity contribution in [1.29, 1.82) is 0 Å². The summed E-state index contributed by atoms with van der Waals surface area (Å²) in [5, 5.41) is 0. The van der Waals surface area contributed by atoms with E-state index in [1.54, 1.807) is 7.05 Å². The number of imide groups is 1. The highest BCUT2D eigenvalue weighted by Gasteiger charge is 2.52. The highest BCUT2D eigenvalue weighted by atomic mass is 16.2. The first kappa shape index (κ1) is 18.4. The number of aryl methyl sites for hydroxylation is 1. The average Bonchev–Trinajstić information content (AvgIpc) is 3.09. The minimum atomic E-state index is -0.567. The summed E-state index contributed by atoms with van der Waals surface area (Å²) in [6, 6.07) is -0.910. The molecule has 1 aromatic rings. The van der Waals surface area contributed by atoms with E-state index in [1.807, 2.05) is 24.6 Å². The van der Waals surface area contributed by atoms with Gasteiger partial charge in [-0.05, 0) is 20.3 Å². The van der Waals surface area contributed by atoms with Crippen LogP contribution in [0.5, 0.6) is 0 Å². The average molecular weight is 358 g/mol. The Balaban J connectivity index is 1.92. The zero-order valence-corrected chi connectivity index (χ0v) is 16.2. The minimum Gasteiger partial charge on any atom is -0.270 e. The summed E-state index contributed by atoms with van der Waals surface area (Å²) in [4.78, 5) is 33.0. The minimum absolute atomic E-state index is 0.235. The highest BCUT2D eigenvalue weighted by Crippen LogP contribution is 2.29. The van der Waals surface area contributed by atoms with Crippen LogP contribution in [0.3, 0.4) is 0 Å². The fourth-order valence-electron chi connectivity index (χ4n) is 3.62. The van der Waals surface area contributed by atoms with Crippen LogP contribution < -0.4 is 4.57 Å². The van der Waals surface area contributed by atoms with E-state index in [0.29, 0.717) is 5.84 Å². The van der Waals surface area contributed by atoms with Crippen LogP contribution in [0.2, 0.25) is 0 Å². The molecule has 2 aliphatic rings. The lowest BCUT2D eigenvalue weighted by Gasteiger charge is -2.33. The van der Waals surface area contributed by atoms with Gasteiger partial charge < -0.3 is 0 Å². The molecule has 0 radical (unpaired) electrons. The molecule has 3 rings (SSSR count). The number of hydrogen-bond donors (Lipinski definition) is 0. The zero-order valence-electron chi connectivity index (χ0n) is 16.2. The number of unbranched alkanes of at least 4 members (excludes halogenated alkanes) is 3.